The van der Waals surface area contributed by atoms with Gasteiger partial charge in [0.15, 0.2) is 23.0 Å². The molecule has 0 saturated carbocycles. The van der Waals surface area contributed by atoms with E-state index in [1.54, 1.807) is 6.07 Å². The average molecular weight is 598 g/mol. The van der Waals surface area contributed by atoms with Crippen LogP contribution in [-0.2, 0) is 11.3 Å². The van der Waals surface area contributed by atoms with Gasteiger partial charge in [-0.05, 0) is 63.4 Å². The Hall–Kier alpha value is -1.63. The number of ether oxygens (including phenoxy) is 6. The number of methoxy groups -OCH3 is 3. The largest absolute Gasteiger partial charge is 0.493 e. The highest BCUT2D eigenvalue weighted by atomic mass is 127. The Morgan fingerprint density at radius 1 is 1.00 bits per heavy atom. The van der Waals surface area contributed by atoms with Gasteiger partial charge in [0.1, 0.15) is 6.61 Å². The Morgan fingerprint density at radius 2 is 1.67 bits per heavy atom. The molecule has 0 aromatic heterocycles. The van der Waals surface area contributed by atoms with E-state index >= 15 is 0 Å². The monoisotopic (exact) mass is 598 g/mol. The highest BCUT2D eigenvalue weighted by Crippen LogP contribution is 2.43. The second-order valence-electron chi connectivity index (χ2n) is 5.38. The van der Waals surface area contributed by atoms with Crippen LogP contribution in [0.25, 0.3) is 0 Å². The molecule has 0 N–H and O–H groups in total. The molecule has 144 valence electrons. The lowest BCUT2D eigenvalue weighted by Crippen LogP contribution is -2.10. The molecule has 0 saturated heterocycles. The van der Waals surface area contributed by atoms with E-state index in [-0.39, 0.29) is 13.4 Å². The van der Waals surface area contributed by atoms with Crippen LogP contribution in [0.5, 0.6) is 28.7 Å². The van der Waals surface area contributed by atoms with Crippen LogP contribution in [0.1, 0.15) is 15.9 Å². The van der Waals surface area contributed by atoms with E-state index in [4.69, 9.17) is 28.4 Å². The van der Waals surface area contributed by atoms with Gasteiger partial charge in [-0.15, -0.1) is 0 Å². The maximum atomic E-state index is 12.7. The summed E-state index contributed by atoms with van der Waals surface area (Å²) in [6, 6.07) is 5.25. The minimum absolute atomic E-state index is 0.0977. The van der Waals surface area contributed by atoms with Crippen LogP contribution < -0.4 is 23.7 Å². The number of fused-ring (bicyclic) bond motifs is 1. The number of hydrogen-bond acceptors (Lipinski definition) is 7. The predicted octanol–water partition coefficient (Wildman–Crippen LogP) is 4.01. The number of benzene rings is 2. The summed E-state index contributed by atoms with van der Waals surface area (Å²) in [6.07, 6.45) is 0. The Labute approximate surface area is 183 Å². The molecule has 27 heavy (non-hydrogen) atoms. The number of esters is 1. The molecule has 0 radical (unpaired) electrons. The van der Waals surface area contributed by atoms with Crippen molar-refractivity contribution in [2.75, 3.05) is 28.1 Å². The van der Waals surface area contributed by atoms with E-state index in [0.29, 0.717) is 37.9 Å². The number of carbonyl (C=O) groups excluding carboxylic acids is 1. The standard InChI is InChI=1S/C18H16I2O7/c1-22-14-5-10(15(20)17(24-3)16(14)23-2)18(21)25-7-9-4-12-13(6-11(9)19)27-8-26-12/h4-6H,7-8H2,1-3H3. The van der Waals surface area contributed by atoms with Crippen molar-refractivity contribution in [1.29, 1.82) is 0 Å². The van der Waals surface area contributed by atoms with Crippen LogP contribution in [0.15, 0.2) is 18.2 Å². The molecule has 0 unspecified atom stereocenters. The SMILES string of the molecule is COc1cc(C(=O)OCc2cc3c(cc2I)OCO3)c(I)c(OC)c1OC. The van der Waals surface area contributed by atoms with Crippen LogP contribution in [0.2, 0.25) is 0 Å². The van der Waals surface area contributed by atoms with Crippen molar-refractivity contribution in [2.45, 2.75) is 6.61 Å². The summed E-state index contributed by atoms with van der Waals surface area (Å²) in [4.78, 5) is 12.7. The minimum Gasteiger partial charge on any atom is -0.493 e. The highest BCUT2D eigenvalue weighted by molar-refractivity contribution is 14.1. The fourth-order valence-corrected chi connectivity index (χ4v) is 4.00. The number of rotatable bonds is 6. The first-order valence-corrected chi connectivity index (χ1v) is 9.89. The molecule has 2 aromatic carbocycles. The Balaban J connectivity index is 1.85. The molecular formula is C18H16I2O7. The van der Waals surface area contributed by atoms with Gasteiger partial charge in [0, 0.05) is 9.13 Å². The topological polar surface area (TPSA) is 72.5 Å². The van der Waals surface area contributed by atoms with E-state index in [2.05, 4.69) is 22.6 Å². The molecule has 0 aliphatic carbocycles. The van der Waals surface area contributed by atoms with E-state index < -0.39 is 5.97 Å². The smallest absolute Gasteiger partial charge is 0.339 e. The summed E-state index contributed by atoms with van der Waals surface area (Å²) in [6.45, 7) is 0.290. The number of halogens is 2. The van der Waals surface area contributed by atoms with Gasteiger partial charge in [-0.3, -0.25) is 0 Å². The first-order chi connectivity index (χ1) is 13.0. The number of carbonyl (C=O) groups is 1. The lowest BCUT2D eigenvalue weighted by molar-refractivity contribution is 0.0469. The molecule has 1 heterocycles. The zero-order chi connectivity index (χ0) is 19.6. The summed E-state index contributed by atoms with van der Waals surface area (Å²) in [5.74, 6) is 2.07. The molecule has 1 aliphatic heterocycles. The van der Waals surface area contributed by atoms with Crippen molar-refractivity contribution in [3.63, 3.8) is 0 Å². The van der Waals surface area contributed by atoms with E-state index in [9.17, 15) is 4.79 Å². The second kappa shape index (κ2) is 8.59. The zero-order valence-corrected chi connectivity index (χ0v) is 19.1. The molecule has 0 amide bonds. The van der Waals surface area contributed by atoms with E-state index in [1.807, 2.05) is 34.7 Å². The summed E-state index contributed by atoms with van der Waals surface area (Å²) >= 11 is 4.19. The third-order valence-corrected chi connectivity index (χ3v) is 5.96. The van der Waals surface area contributed by atoms with E-state index in [0.717, 1.165) is 9.13 Å². The molecule has 9 heteroatoms. The molecule has 0 atom stereocenters. The van der Waals surface area contributed by atoms with Gasteiger partial charge in [-0.25, -0.2) is 4.79 Å². The Morgan fingerprint density at radius 3 is 2.30 bits per heavy atom. The van der Waals surface area contributed by atoms with Gasteiger partial charge < -0.3 is 28.4 Å². The quantitative estimate of drug-likeness (QED) is 0.368. The lowest BCUT2D eigenvalue weighted by atomic mass is 10.1. The Kier molecular flexibility index (Phi) is 6.40. The van der Waals surface area contributed by atoms with Crippen LogP contribution >= 0.6 is 45.2 Å². The van der Waals surface area contributed by atoms with Crippen LogP contribution in [0, 0.1) is 7.14 Å². The first-order valence-electron chi connectivity index (χ1n) is 7.73. The Bertz CT molecular complexity index is 883. The van der Waals surface area contributed by atoms with Crippen molar-refractivity contribution in [2.24, 2.45) is 0 Å². The van der Waals surface area contributed by atoms with Crippen LogP contribution in [0.3, 0.4) is 0 Å². The lowest BCUT2D eigenvalue weighted by Gasteiger charge is -2.16. The van der Waals surface area contributed by atoms with Crippen molar-refractivity contribution in [3.8, 4) is 28.7 Å². The summed E-state index contributed by atoms with van der Waals surface area (Å²) in [7, 11) is 4.51. The molecular weight excluding hydrogens is 582 g/mol. The summed E-state index contributed by atoms with van der Waals surface area (Å²) in [5.41, 5.74) is 1.16. The minimum atomic E-state index is -0.493. The van der Waals surface area contributed by atoms with Gasteiger partial charge in [-0.2, -0.15) is 0 Å². The van der Waals surface area contributed by atoms with Gasteiger partial charge in [0.05, 0.1) is 30.5 Å². The normalized spacial score (nSPS) is 11.9. The highest BCUT2D eigenvalue weighted by Gasteiger charge is 2.24. The average Bonchev–Trinajstić information content (AvgIpc) is 3.12. The summed E-state index contributed by atoms with van der Waals surface area (Å²) < 4.78 is 33.8. The van der Waals surface area contributed by atoms with Crippen LogP contribution in [-0.4, -0.2) is 34.1 Å². The zero-order valence-electron chi connectivity index (χ0n) is 14.8. The molecule has 0 bridgehead atoms. The van der Waals surface area contributed by atoms with Crippen molar-refractivity contribution >= 4 is 51.2 Å². The fraction of sp³-hybridized carbons (Fsp3) is 0.278. The van der Waals surface area contributed by atoms with Gasteiger partial charge in [-0.1, -0.05) is 0 Å². The molecule has 3 rings (SSSR count). The maximum Gasteiger partial charge on any atom is 0.339 e. The summed E-state index contributed by atoms with van der Waals surface area (Å²) in [5, 5.41) is 0. The third kappa shape index (κ3) is 3.98. The molecule has 1 aliphatic rings. The van der Waals surface area contributed by atoms with Crippen molar-refractivity contribution in [3.05, 3.63) is 36.5 Å². The second-order valence-corrected chi connectivity index (χ2v) is 7.62. The van der Waals surface area contributed by atoms with Gasteiger partial charge in [0.25, 0.3) is 0 Å². The van der Waals surface area contributed by atoms with Crippen molar-refractivity contribution in [1.82, 2.24) is 0 Å². The van der Waals surface area contributed by atoms with Crippen LogP contribution in [0.4, 0.5) is 0 Å². The van der Waals surface area contributed by atoms with Crippen molar-refractivity contribution < 1.29 is 33.2 Å². The third-order valence-electron chi connectivity index (χ3n) is 3.89. The molecule has 2 aromatic rings. The predicted molar refractivity (Wildman–Crippen MR) is 113 cm³/mol. The van der Waals surface area contributed by atoms with Gasteiger partial charge >= 0.3 is 5.97 Å². The van der Waals surface area contributed by atoms with E-state index in [1.165, 1.54) is 21.3 Å². The van der Waals surface area contributed by atoms with Gasteiger partial charge in [0.2, 0.25) is 12.5 Å². The molecule has 0 spiro atoms. The first kappa shape index (κ1) is 20.1. The number of hydrogen-bond donors (Lipinski definition) is 0. The molecule has 0 fully saturated rings. The maximum absolute atomic E-state index is 12.7. The molecule has 7 nitrogen and oxygen atoms in total. The fourth-order valence-electron chi connectivity index (χ4n) is 2.56.